The second-order valence-corrected chi connectivity index (χ2v) is 22.8. The third-order valence-electron chi connectivity index (χ3n) is 7.49. The number of allylic oxidation sites excluding steroid dienone is 2. The lowest BCUT2D eigenvalue weighted by Gasteiger charge is -2.38. The zero-order valence-electron chi connectivity index (χ0n) is 23.6. The van der Waals surface area contributed by atoms with Crippen LogP contribution in [-0.2, 0) is 11.3 Å². The van der Waals surface area contributed by atoms with Gasteiger partial charge in [-0.2, -0.15) is 0 Å². The van der Waals surface area contributed by atoms with E-state index in [0.29, 0.717) is 12.8 Å². The van der Waals surface area contributed by atoms with Gasteiger partial charge in [0.25, 0.3) is 0 Å². The van der Waals surface area contributed by atoms with E-state index in [1.54, 1.807) is 4.90 Å². The fourth-order valence-electron chi connectivity index (χ4n) is 5.36. The van der Waals surface area contributed by atoms with Gasteiger partial charge in [0.15, 0.2) is 0 Å². The number of likely N-dealkylation sites (tertiary alicyclic amines) is 1. The number of aliphatic hydroxyl groups is 1. The number of carbonyl (C=O) groups excluding carboxylic acids is 1. The summed E-state index contributed by atoms with van der Waals surface area (Å²) in [5.74, 6) is 0. The summed E-state index contributed by atoms with van der Waals surface area (Å²) in [5.41, 5.74) is -0.180. The topological polar surface area (TPSA) is 49.8 Å². The molecule has 6 heteroatoms. The van der Waals surface area contributed by atoms with Crippen LogP contribution in [0.5, 0.6) is 0 Å². The second-order valence-electron chi connectivity index (χ2n) is 12.5. The fraction of sp³-hybridized carbons (Fsp3) is 0.516. The van der Waals surface area contributed by atoms with Crippen molar-refractivity contribution in [2.75, 3.05) is 0 Å². The Balaban J connectivity index is 1.67. The summed E-state index contributed by atoms with van der Waals surface area (Å²) >= 11 is 0. The molecular formula is C31H47NO3Si2. The number of hydrogen-bond acceptors (Lipinski definition) is 3. The van der Waals surface area contributed by atoms with Crippen LogP contribution in [0, 0.1) is 0 Å². The number of unbranched alkanes of at least 4 members (excludes halogenated alkanes) is 2. The van der Waals surface area contributed by atoms with Crippen molar-refractivity contribution in [3.05, 3.63) is 78.4 Å². The molecule has 1 heterocycles. The second kappa shape index (κ2) is 13.1. The maximum absolute atomic E-state index is 13.5. The monoisotopic (exact) mass is 537 g/mol. The first kappa shape index (κ1) is 29.4. The molecule has 1 saturated heterocycles. The number of rotatable bonds is 12. The van der Waals surface area contributed by atoms with Gasteiger partial charge >= 0.3 is 6.09 Å². The molecule has 1 amide bonds. The lowest BCUT2D eigenvalue weighted by Crippen LogP contribution is -2.54. The van der Waals surface area contributed by atoms with Crippen molar-refractivity contribution in [1.29, 1.82) is 0 Å². The Morgan fingerprint density at radius 2 is 1.65 bits per heavy atom. The SMILES string of the molecule is C[Si](C)(C)C/C=C\CCCCC1(O)CC[C@@H](C[Si](C)(C)c2ccccc2)N1C(=O)OCc1ccccc1. The molecule has 1 aliphatic heterocycles. The van der Waals surface area contributed by atoms with E-state index >= 15 is 0 Å². The standard InChI is InChI=1S/C31H47NO3Si2/c1-36(2,3)24-16-8-6-7-15-22-31(34)23-21-28(26-37(4,5)29-19-13-10-14-20-29)32(31)30(33)35-25-27-17-11-9-12-18-27/h8-14,16-20,28,34H,6-7,15,21-26H2,1-5H3/b16-8-/t28-,31?/m0/s1. The fourth-order valence-corrected chi connectivity index (χ4v) is 9.12. The van der Waals surface area contributed by atoms with Gasteiger partial charge in [0.05, 0.1) is 8.07 Å². The number of benzene rings is 2. The molecule has 0 aromatic heterocycles. The molecule has 0 bridgehead atoms. The first-order valence-corrected chi connectivity index (χ1v) is 20.8. The van der Waals surface area contributed by atoms with Gasteiger partial charge in [0.1, 0.15) is 12.3 Å². The highest BCUT2D eigenvalue weighted by Gasteiger charge is 2.49. The number of nitrogens with zero attached hydrogens (tertiary/aromatic N) is 1. The van der Waals surface area contributed by atoms with E-state index < -0.39 is 21.9 Å². The minimum absolute atomic E-state index is 0.00761. The van der Waals surface area contributed by atoms with E-state index in [0.717, 1.165) is 37.3 Å². The molecule has 1 N–H and O–H groups in total. The summed E-state index contributed by atoms with van der Waals surface area (Å²) in [4.78, 5) is 15.2. The van der Waals surface area contributed by atoms with E-state index in [-0.39, 0.29) is 18.7 Å². The maximum atomic E-state index is 13.5. The Kier molecular flexibility index (Phi) is 10.4. The van der Waals surface area contributed by atoms with Gasteiger partial charge in [0, 0.05) is 14.1 Å². The summed E-state index contributed by atoms with van der Waals surface area (Å²) in [5, 5.41) is 13.2. The predicted molar refractivity (Wildman–Crippen MR) is 161 cm³/mol. The molecule has 0 saturated carbocycles. The minimum atomic E-state index is -1.82. The van der Waals surface area contributed by atoms with E-state index in [1.165, 1.54) is 11.2 Å². The number of hydrogen-bond donors (Lipinski definition) is 1. The third-order valence-corrected chi connectivity index (χ3v) is 12.3. The summed E-state index contributed by atoms with van der Waals surface area (Å²) in [6, 6.07) is 22.6. The average Bonchev–Trinajstić information content (AvgIpc) is 3.17. The zero-order chi connectivity index (χ0) is 26.9. The lowest BCUT2D eigenvalue weighted by molar-refractivity contribution is -0.0889. The van der Waals surface area contributed by atoms with Crippen molar-refractivity contribution in [3.63, 3.8) is 0 Å². The molecule has 2 aromatic rings. The zero-order valence-corrected chi connectivity index (χ0v) is 25.6. The number of amides is 1. The first-order valence-electron chi connectivity index (χ1n) is 13.9. The van der Waals surface area contributed by atoms with Crippen molar-refractivity contribution < 1.29 is 14.6 Å². The highest BCUT2D eigenvalue weighted by atomic mass is 28.3. The van der Waals surface area contributed by atoms with Gasteiger partial charge in [-0.05, 0) is 56.2 Å². The van der Waals surface area contributed by atoms with Crippen molar-refractivity contribution in [2.24, 2.45) is 0 Å². The molecule has 0 spiro atoms. The highest BCUT2D eigenvalue weighted by Crippen LogP contribution is 2.40. The number of carbonyl (C=O) groups is 1. The third kappa shape index (κ3) is 8.97. The summed E-state index contributed by atoms with van der Waals surface area (Å²) < 4.78 is 5.78. The molecule has 202 valence electrons. The maximum Gasteiger partial charge on any atom is 0.412 e. The lowest BCUT2D eigenvalue weighted by atomic mass is 10.0. The van der Waals surface area contributed by atoms with Crippen LogP contribution < -0.4 is 5.19 Å². The quantitative estimate of drug-likeness (QED) is 0.173. The summed E-state index contributed by atoms with van der Waals surface area (Å²) in [6.45, 7) is 12.1. The Morgan fingerprint density at radius 1 is 1.00 bits per heavy atom. The molecule has 1 aliphatic rings. The van der Waals surface area contributed by atoms with E-state index in [2.05, 4.69) is 75.2 Å². The molecule has 2 atom stereocenters. The Morgan fingerprint density at radius 3 is 2.30 bits per heavy atom. The van der Waals surface area contributed by atoms with Gasteiger partial charge in [-0.15, -0.1) is 0 Å². The summed E-state index contributed by atoms with van der Waals surface area (Å²) in [6.07, 6.45) is 9.20. The van der Waals surface area contributed by atoms with E-state index in [9.17, 15) is 9.90 Å². The smallest absolute Gasteiger partial charge is 0.412 e. The van der Waals surface area contributed by atoms with Crippen molar-refractivity contribution in [2.45, 2.75) is 102 Å². The molecule has 1 fully saturated rings. The first-order chi connectivity index (χ1) is 17.5. The van der Waals surface area contributed by atoms with Gasteiger partial charge < -0.3 is 9.84 Å². The van der Waals surface area contributed by atoms with Crippen LogP contribution >= 0.6 is 0 Å². The van der Waals surface area contributed by atoms with E-state index in [4.69, 9.17) is 4.74 Å². The van der Waals surface area contributed by atoms with Gasteiger partial charge in [0.2, 0.25) is 0 Å². The van der Waals surface area contributed by atoms with Gasteiger partial charge in [-0.3, -0.25) is 4.90 Å². The van der Waals surface area contributed by atoms with Crippen LogP contribution in [0.15, 0.2) is 72.8 Å². The van der Waals surface area contributed by atoms with Crippen molar-refractivity contribution in [3.8, 4) is 0 Å². The van der Waals surface area contributed by atoms with Gasteiger partial charge in [-0.1, -0.05) is 111 Å². The normalized spacial score (nSPS) is 20.5. The molecule has 0 aliphatic carbocycles. The highest BCUT2D eigenvalue weighted by molar-refractivity contribution is 6.89. The molecule has 4 nitrogen and oxygen atoms in total. The Labute approximate surface area is 226 Å². The van der Waals surface area contributed by atoms with Crippen LogP contribution in [0.4, 0.5) is 4.79 Å². The van der Waals surface area contributed by atoms with Crippen molar-refractivity contribution in [1.82, 2.24) is 4.90 Å². The average molecular weight is 538 g/mol. The molecule has 2 aromatic carbocycles. The van der Waals surface area contributed by atoms with Crippen LogP contribution in [0.25, 0.3) is 0 Å². The van der Waals surface area contributed by atoms with Crippen molar-refractivity contribution >= 4 is 27.4 Å². The minimum Gasteiger partial charge on any atom is -0.444 e. The van der Waals surface area contributed by atoms with Gasteiger partial charge in [-0.25, -0.2) is 4.79 Å². The Bertz CT molecular complexity index is 1000. The van der Waals surface area contributed by atoms with Crippen LogP contribution in [0.1, 0.15) is 44.1 Å². The number of ether oxygens (including phenoxy) is 1. The molecule has 3 rings (SSSR count). The summed E-state index contributed by atoms with van der Waals surface area (Å²) in [7, 11) is -2.86. The van der Waals surface area contributed by atoms with Crippen LogP contribution in [0.2, 0.25) is 44.8 Å². The molecule has 37 heavy (non-hydrogen) atoms. The molecule has 1 unspecified atom stereocenters. The predicted octanol–water partition coefficient (Wildman–Crippen LogP) is 7.55. The molecule has 0 radical (unpaired) electrons. The molecular weight excluding hydrogens is 491 g/mol. The largest absolute Gasteiger partial charge is 0.444 e. The van der Waals surface area contributed by atoms with Crippen LogP contribution in [-0.4, -0.2) is 44.0 Å². The Hall–Kier alpha value is -2.16. The van der Waals surface area contributed by atoms with Crippen LogP contribution in [0.3, 0.4) is 0 Å². The van der Waals surface area contributed by atoms with E-state index in [1.807, 2.05) is 30.3 Å².